The number of aromatic nitrogens is 1. The second-order valence-electron chi connectivity index (χ2n) is 10.6. The highest BCUT2D eigenvalue weighted by Gasteiger charge is 2.46. The molecule has 1 N–H and O–H groups in total. The van der Waals surface area contributed by atoms with Gasteiger partial charge in [-0.1, -0.05) is 25.7 Å². The van der Waals surface area contributed by atoms with E-state index in [2.05, 4.69) is 9.88 Å². The molecular formula is C27H31FN2O2. The van der Waals surface area contributed by atoms with Crippen molar-refractivity contribution in [1.29, 1.82) is 0 Å². The molecule has 0 atom stereocenters. The number of nitrogens with one attached hydrogen (secondary N) is 1. The van der Waals surface area contributed by atoms with Gasteiger partial charge in [0.05, 0.1) is 11.3 Å². The van der Waals surface area contributed by atoms with E-state index in [1.54, 1.807) is 0 Å². The number of carbonyl (C=O) groups is 2. The average Bonchev–Trinajstić information content (AvgIpc) is 3.33. The largest absolute Gasteiger partial charge is 0.382 e. The van der Waals surface area contributed by atoms with Crippen LogP contribution in [0.15, 0.2) is 12.1 Å². The summed E-state index contributed by atoms with van der Waals surface area (Å²) in [5, 5.41) is 3.49. The molecule has 32 heavy (non-hydrogen) atoms. The molecule has 4 nitrogen and oxygen atoms in total. The van der Waals surface area contributed by atoms with Gasteiger partial charge in [-0.15, -0.1) is 0 Å². The highest BCUT2D eigenvalue weighted by atomic mass is 19.1. The number of hydrogen-bond donors (Lipinski definition) is 1. The molecule has 1 aromatic carbocycles. The Morgan fingerprint density at radius 3 is 2.53 bits per heavy atom. The maximum Gasteiger partial charge on any atom is 0.165 e. The predicted octanol–water partition coefficient (Wildman–Crippen LogP) is 5.96. The monoisotopic (exact) mass is 434 g/mol. The summed E-state index contributed by atoms with van der Waals surface area (Å²) in [4.78, 5) is 25.0. The van der Waals surface area contributed by atoms with Crippen molar-refractivity contribution in [2.75, 3.05) is 5.32 Å². The lowest BCUT2D eigenvalue weighted by Gasteiger charge is -2.44. The quantitative estimate of drug-likeness (QED) is 0.604. The number of halogens is 1. The number of nitrogens with zero attached hydrogens (tertiary/aromatic N) is 1. The molecule has 5 heteroatoms. The number of ketones is 1. The number of fused-ring (bicyclic) bond motifs is 3. The van der Waals surface area contributed by atoms with Crippen LogP contribution in [0.5, 0.6) is 0 Å². The summed E-state index contributed by atoms with van der Waals surface area (Å²) in [5.74, 6) is -0.195. The Morgan fingerprint density at radius 2 is 1.81 bits per heavy atom. The molecular weight excluding hydrogens is 403 g/mol. The Bertz CT molecular complexity index is 1110. The third kappa shape index (κ3) is 3.07. The van der Waals surface area contributed by atoms with Gasteiger partial charge in [0, 0.05) is 35.1 Å². The standard InChI is InChI=1S/C27H31FN2O2/c28-21-12-18(13-22(20(21)16-31)29-17-6-2-1-3-7-17)30-23-9-4-8-19(23)26-24(30)14-27(10-5-11-27)15-25(26)32/h12-13,16-17,29H,1-11,14-15H2. The minimum atomic E-state index is -0.481. The van der Waals surface area contributed by atoms with Crippen LogP contribution in [-0.2, 0) is 19.3 Å². The zero-order chi connectivity index (χ0) is 21.9. The molecule has 2 saturated carbocycles. The van der Waals surface area contributed by atoms with E-state index >= 15 is 4.39 Å². The van der Waals surface area contributed by atoms with Crippen molar-refractivity contribution in [3.05, 3.63) is 46.0 Å². The fourth-order valence-electron chi connectivity index (χ4n) is 6.82. The molecule has 1 spiro atoms. The molecule has 0 amide bonds. The van der Waals surface area contributed by atoms with Crippen molar-refractivity contribution < 1.29 is 14.0 Å². The third-order valence-electron chi connectivity index (χ3n) is 8.55. The highest BCUT2D eigenvalue weighted by Crippen LogP contribution is 2.52. The minimum Gasteiger partial charge on any atom is -0.382 e. The molecule has 4 aliphatic carbocycles. The Labute approximate surface area is 188 Å². The van der Waals surface area contributed by atoms with Crippen LogP contribution in [0, 0.1) is 11.2 Å². The highest BCUT2D eigenvalue weighted by molar-refractivity contribution is 6.01. The van der Waals surface area contributed by atoms with Gasteiger partial charge in [0.2, 0.25) is 0 Å². The topological polar surface area (TPSA) is 51.1 Å². The fourth-order valence-corrected chi connectivity index (χ4v) is 6.82. The Balaban J connectivity index is 1.48. The van der Waals surface area contributed by atoms with Crippen LogP contribution in [-0.4, -0.2) is 22.7 Å². The second kappa shape index (κ2) is 7.57. The van der Waals surface area contributed by atoms with Gasteiger partial charge in [-0.05, 0) is 74.5 Å². The summed E-state index contributed by atoms with van der Waals surface area (Å²) in [6, 6.07) is 3.73. The normalized spacial score (nSPS) is 21.8. The summed E-state index contributed by atoms with van der Waals surface area (Å²) in [7, 11) is 0. The van der Waals surface area contributed by atoms with Crippen LogP contribution in [0.3, 0.4) is 0 Å². The summed E-state index contributed by atoms with van der Waals surface area (Å²) >= 11 is 0. The molecule has 4 aliphatic rings. The predicted molar refractivity (Wildman–Crippen MR) is 123 cm³/mol. The van der Waals surface area contributed by atoms with E-state index in [-0.39, 0.29) is 22.8 Å². The van der Waals surface area contributed by atoms with Gasteiger partial charge in [0.1, 0.15) is 5.82 Å². The van der Waals surface area contributed by atoms with Crippen LogP contribution in [0.4, 0.5) is 10.1 Å². The molecule has 0 bridgehead atoms. The van der Waals surface area contributed by atoms with Crippen molar-refractivity contribution >= 4 is 17.8 Å². The summed E-state index contributed by atoms with van der Waals surface area (Å²) < 4.78 is 17.4. The third-order valence-corrected chi connectivity index (χ3v) is 8.55. The first-order valence-electron chi connectivity index (χ1n) is 12.4. The zero-order valence-corrected chi connectivity index (χ0v) is 18.6. The van der Waals surface area contributed by atoms with Crippen molar-refractivity contribution in [1.82, 2.24) is 4.57 Å². The molecule has 168 valence electrons. The zero-order valence-electron chi connectivity index (χ0n) is 18.6. The van der Waals surface area contributed by atoms with E-state index in [9.17, 15) is 9.59 Å². The maximum absolute atomic E-state index is 15.2. The van der Waals surface area contributed by atoms with E-state index in [1.165, 1.54) is 43.0 Å². The number of Topliss-reactive ketones (excluding diaryl/α,β-unsaturated/α-hetero) is 1. The van der Waals surface area contributed by atoms with Gasteiger partial charge in [-0.2, -0.15) is 0 Å². The minimum absolute atomic E-state index is 0.110. The first-order valence-corrected chi connectivity index (χ1v) is 12.4. The lowest BCUT2D eigenvalue weighted by atomic mass is 9.60. The molecule has 0 aliphatic heterocycles. The number of carbonyl (C=O) groups excluding carboxylic acids is 2. The molecule has 1 aromatic heterocycles. The number of anilines is 1. The number of aldehydes is 1. The maximum atomic E-state index is 15.2. The van der Waals surface area contributed by atoms with Crippen LogP contribution >= 0.6 is 0 Å². The first-order chi connectivity index (χ1) is 15.6. The molecule has 6 rings (SSSR count). The smallest absolute Gasteiger partial charge is 0.165 e. The number of benzene rings is 1. The number of hydrogen-bond acceptors (Lipinski definition) is 3. The van der Waals surface area contributed by atoms with Crippen LogP contribution in [0.25, 0.3) is 5.69 Å². The van der Waals surface area contributed by atoms with Crippen LogP contribution in [0.2, 0.25) is 0 Å². The van der Waals surface area contributed by atoms with Gasteiger partial charge in [0.15, 0.2) is 12.1 Å². The van der Waals surface area contributed by atoms with Gasteiger partial charge in [0.25, 0.3) is 0 Å². The Morgan fingerprint density at radius 1 is 1.00 bits per heavy atom. The lowest BCUT2D eigenvalue weighted by Crippen LogP contribution is -2.39. The number of rotatable bonds is 4. The molecule has 0 saturated heterocycles. The summed E-state index contributed by atoms with van der Waals surface area (Å²) in [6.45, 7) is 0. The van der Waals surface area contributed by atoms with Crippen molar-refractivity contribution in [3.8, 4) is 5.69 Å². The van der Waals surface area contributed by atoms with Gasteiger partial charge >= 0.3 is 0 Å². The van der Waals surface area contributed by atoms with Crippen molar-refractivity contribution in [3.63, 3.8) is 0 Å². The van der Waals surface area contributed by atoms with E-state index in [1.807, 2.05) is 6.07 Å². The van der Waals surface area contributed by atoms with Gasteiger partial charge in [-0.25, -0.2) is 4.39 Å². The first kappa shape index (κ1) is 20.2. The summed E-state index contributed by atoms with van der Waals surface area (Å²) in [6.07, 6.45) is 14.2. The van der Waals surface area contributed by atoms with Crippen molar-refractivity contribution in [2.24, 2.45) is 5.41 Å². The van der Waals surface area contributed by atoms with Crippen LogP contribution < -0.4 is 5.32 Å². The summed E-state index contributed by atoms with van der Waals surface area (Å²) in [5.41, 5.74) is 5.97. The van der Waals surface area contributed by atoms with Gasteiger partial charge < -0.3 is 9.88 Å². The molecule has 0 unspecified atom stereocenters. The van der Waals surface area contributed by atoms with Gasteiger partial charge in [-0.3, -0.25) is 9.59 Å². The van der Waals surface area contributed by atoms with Crippen molar-refractivity contribution in [2.45, 2.75) is 89.5 Å². The second-order valence-corrected chi connectivity index (χ2v) is 10.6. The molecule has 2 aromatic rings. The molecule has 0 radical (unpaired) electrons. The van der Waals surface area contributed by atoms with E-state index in [0.29, 0.717) is 18.4 Å². The van der Waals surface area contributed by atoms with Crippen LogP contribution in [0.1, 0.15) is 102 Å². The van der Waals surface area contributed by atoms with E-state index in [4.69, 9.17) is 0 Å². The average molecular weight is 435 g/mol. The molecule has 2 fully saturated rings. The Kier molecular flexibility index (Phi) is 4.78. The lowest BCUT2D eigenvalue weighted by molar-refractivity contribution is 0.0704. The Hall–Kier alpha value is -2.43. The van der Waals surface area contributed by atoms with E-state index in [0.717, 1.165) is 68.3 Å². The molecule has 1 heterocycles. The SMILES string of the molecule is O=Cc1c(F)cc(-n2c3c(c4c2CC2(CCC2)CC4=O)CCC3)cc1NC1CCCCC1. The fraction of sp³-hybridized carbons (Fsp3) is 0.556. The van der Waals surface area contributed by atoms with E-state index < -0.39 is 5.82 Å².